The Morgan fingerprint density at radius 3 is 1.92 bits per heavy atom. The van der Waals surface area contributed by atoms with E-state index < -0.39 is 18.6 Å². The van der Waals surface area contributed by atoms with Gasteiger partial charge in [-0.3, -0.25) is 4.79 Å². The summed E-state index contributed by atoms with van der Waals surface area (Å²) < 4.78 is 0. The van der Waals surface area contributed by atoms with Crippen LogP contribution >= 0.6 is 0 Å². The highest BCUT2D eigenvalue weighted by atomic mass is 16.3. The van der Waals surface area contributed by atoms with Gasteiger partial charge in [-0.15, -0.1) is 12.8 Å². The number of terminal acetylenes is 1. The van der Waals surface area contributed by atoms with Crippen LogP contribution in [0.2, 0.25) is 0 Å². The number of hydrogen-bond donors (Lipinski definition) is 4. The Morgan fingerprint density at radius 2 is 1.85 bits per heavy atom. The first-order chi connectivity index (χ1) is 5.72. The average molecular weight is 192 g/mol. The molecule has 13 heavy (non-hydrogen) atoms. The third kappa shape index (κ3) is 18.1. The molecule has 0 heterocycles. The monoisotopic (exact) mass is 192 g/mol. The van der Waals surface area contributed by atoms with Crippen molar-refractivity contribution in [3.05, 3.63) is 0 Å². The molecule has 5 N–H and O–H groups in total. The molecule has 5 heteroatoms. The van der Waals surface area contributed by atoms with Gasteiger partial charge in [-0.2, -0.15) is 0 Å². The van der Waals surface area contributed by atoms with Gasteiger partial charge in [0, 0.05) is 7.05 Å². The summed E-state index contributed by atoms with van der Waals surface area (Å²) >= 11 is 0. The molecule has 80 valence electrons. The van der Waals surface area contributed by atoms with Crippen molar-refractivity contribution >= 4 is 5.91 Å². The maximum atomic E-state index is 10.2. The third-order valence-corrected chi connectivity index (χ3v) is 0.722. The van der Waals surface area contributed by atoms with Gasteiger partial charge in [-0.25, -0.2) is 0 Å². The van der Waals surface area contributed by atoms with Gasteiger partial charge < -0.3 is 21.3 Å². The molecule has 5 nitrogen and oxygen atoms in total. The Hall–Kier alpha value is -1.09. The lowest BCUT2D eigenvalue weighted by molar-refractivity contribution is -0.130. The Balaban J connectivity index is -0.0000000712. The second-order valence-electron chi connectivity index (χ2n) is 1.31. The van der Waals surface area contributed by atoms with Gasteiger partial charge in [-0.05, 0) is 7.05 Å². The first-order valence-electron chi connectivity index (χ1n) is 3.14. The largest absolute Gasteiger partial charge is 0.393 e. The zero-order valence-corrected chi connectivity index (χ0v) is 7.32. The highest BCUT2D eigenvalue weighted by Gasteiger charge is 2.09. The van der Waals surface area contributed by atoms with Crippen molar-refractivity contribution in [3.8, 4) is 12.8 Å². The van der Waals surface area contributed by atoms with E-state index in [2.05, 4.69) is 23.9 Å². The molecule has 0 aromatic heterocycles. The van der Waals surface area contributed by atoms with Crippen molar-refractivity contribution in [3.63, 3.8) is 0 Å². The molecular formula is C8H20N2O3. The van der Waals surface area contributed by atoms with Gasteiger partial charge in [0.05, 0.1) is 6.61 Å². The third-order valence-electron chi connectivity index (χ3n) is 0.722. The Kier molecular flexibility index (Phi) is 39.1. The first kappa shape index (κ1) is 22.7. The van der Waals surface area contributed by atoms with Crippen LogP contribution in [0.1, 0.15) is 7.43 Å². The number of carbonyl (C=O) groups excluding carboxylic acids is 1. The zero-order chi connectivity index (χ0) is 10.6. The maximum Gasteiger partial charge on any atom is 0.250 e. The van der Waals surface area contributed by atoms with Crippen molar-refractivity contribution in [1.29, 1.82) is 0 Å². The summed E-state index contributed by atoms with van der Waals surface area (Å²) in [5.74, 6) is -0.562. The van der Waals surface area contributed by atoms with E-state index >= 15 is 0 Å². The molecule has 0 bridgehead atoms. The molecular weight excluding hydrogens is 172 g/mol. The number of nitrogens with two attached hydrogens (primary N) is 1. The molecule has 0 saturated heterocycles. The predicted octanol–water partition coefficient (Wildman–Crippen LogP) is -1.45. The fourth-order valence-corrected chi connectivity index (χ4v) is 0.250. The molecule has 0 aromatic carbocycles. The number of rotatable bonds is 2. The Morgan fingerprint density at radius 1 is 1.54 bits per heavy atom. The van der Waals surface area contributed by atoms with E-state index in [0.29, 0.717) is 0 Å². The molecule has 0 spiro atoms. The Bertz CT molecular complexity index is 115. The van der Waals surface area contributed by atoms with Crippen LogP contribution in [0.5, 0.6) is 0 Å². The standard InChI is InChI=1S/C4H9NO3.C2H2.CH5N.CH4/c1-5-4(8)3(7)2-6;2*1-2;/h3,6-7H,2H2,1H3,(H,5,8);1-2H;2H2,1H3;1H4. The highest BCUT2D eigenvalue weighted by Crippen LogP contribution is 1.76. The van der Waals surface area contributed by atoms with E-state index in [0.717, 1.165) is 0 Å². The summed E-state index contributed by atoms with van der Waals surface area (Å²) in [5.41, 5.74) is 4.50. The molecule has 0 aliphatic rings. The lowest BCUT2D eigenvalue weighted by Gasteiger charge is -2.02. The molecule has 0 fully saturated rings. The van der Waals surface area contributed by atoms with Crippen molar-refractivity contribution in [1.82, 2.24) is 5.32 Å². The number of nitrogens with one attached hydrogen (secondary N) is 1. The van der Waals surface area contributed by atoms with Gasteiger partial charge in [0.15, 0.2) is 6.10 Å². The molecule has 0 rings (SSSR count). The van der Waals surface area contributed by atoms with Crippen LogP contribution in [0.25, 0.3) is 0 Å². The van der Waals surface area contributed by atoms with Gasteiger partial charge in [0.2, 0.25) is 0 Å². The van der Waals surface area contributed by atoms with E-state index in [-0.39, 0.29) is 7.43 Å². The summed E-state index contributed by atoms with van der Waals surface area (Å²) in [6.07, 6.45) is 6.72. The molecule has 0 aliphatic heterocycles. The highest BCUT2D eigenvalue weighted by molar-refractivity contribution is 5.80. The number of likely N-dealkylation sites (N-methyl/N-ethyl adjacent to an activating group) is 1. The smallest absolute Gasteiger partial charge is 0.250 e. The minimum atomic E-state index is -1.28. The second kappa shape index (κ2) is 22.4. The molecule has 1 amide bonds. The van der Waals surface area contributed by atoms with Crippen LogP contribution in [-0.2, 0) is 4.79 Å². The van der Waals surface area contributed by atoms with Gasteiger partial charge in [0.25, 0.3) is 5.91 Å². The molecule has 0 radical (unpaired) electrons. The first-order valence-corrected chi connectivity index (χ1v) is 3.14. The maximum absolute atomic E-state index is 10.2. The fourth-order valence-electron chi connectivity index (χ4n) is 0.250. The summed E-state index contributed by atoms with van der Waals surface area (Å²) in [7, 11) is 2.89. The van der Waals surface area contributed by atoms with Gasteiger partial charge >= 0.3 is 0 Å². The van der Waals surface area contributed by atoms with Crippen molar-refractivity contribution < 1.29 is 15.0 Å². The number of carbonyl (C=O) groups is 1. The van der Waals surface area contributed by atoms with Crippen molar-refractivity contribution in [2.75, 3.05) is 20.7 Å². The Labute approximate surface area is 80.0 Å². The van der Waals surface area contributed by atoms with E-state index in [1.54, 1.807) is 0 Å². The molecule has 1 unspecified atom stereocenters. The molecule has 0 aromatic rings. The molecule has 0 aliphatic carbocycles. The summed E-state index contributed by atoms with van der Waals surface area (Å²) in [6.45, 7) is -0.528. The SMILES string of the molecule is C.C#C.CN.CNC(=O)C(O)CO. The summed E-state index contributed by atoms with van der Waals surface area (Å²) in [5, 5.41) is 18.8. The van der Waals surface area contributed by atoms with Crippen molar-refractivity contribution in [2.45, 2.75) is 13.5 Å². The second-order valence-corrected chi connectivity index (χ2v) is 1.31. The average Bonchev–Trinajstić information content (AvgIpc) is 2.21. The van der Waals surface area contributed by atoms with Crippen LogP contribution < -0.4 is 11.1 Å². The van der Waals surface area contributed by atoms with E-state index in [1.165, 1.54) is 14.1 Å². The van der Waals surface area contributed by atoms with Crippen LogP contribution in [0.15, 0.2) is 0 Å². The van der Waals surface area contributed by atoms with Crippen LogP contribution in [0.4, 0.5) is 0 Å². The van der Waals surface area contributed by atoms with Gasteiger partial charge in [0.1, 0.15) is 0 Å². The number of hydrogen-bond acceptors (Lipinski definition) is 4. The van der Waals surface area contributed by atoms with Crippen molar-refractivity contribution in [2.24, 2.45) is 5.73 Å². The van der Waals surface area contributed by atoms with Crippen LogP contribution in [0.3, 0.4) is 0 Å². The topological polar surface area (TPSA) is 95.6 Å². The number of aliphatic hydroxyl groups excluding tert-OH is 2. The number of amides is 1. The summed E-state index contributed by atoms with van der Waals surface area (Å²) in [4.78, 5) is 10.2. The minimum absolute atomic E-state index is 0. The lowest BCUT2D eigenvalue weighted by Crippen LogP contribution is -2.34. The predicted molar refractivity (Wildman–Crippen MR) is 53.9 cm³/mol. The van der Waals surface area contributed by atoms with Crippen LogP contribution in [-0.4, -0.2) is 42.9 Å². The van der Waals surface area contributed by atoms with Crippen LogP contribution in [0, 0.1) is 12.8 Å². The zero-order valence-electron chi connectivity index (χ0n) is 7.32. The van der Waals surface area contributed by atoms with E-state index in [4.69, 9.17) is 10.2 Å². The minimum Gasteiger partial charge on any atom is -0.393 e. The fraction of sp³-hybridized carbons (Fsp3) is 0.625. The molecule has 0 saturated carbocycles. The van der Waals surface area contributed by atoms with E-state index in [9.17, 15) is 4.79 Å². The number of aliphatic hydroxyl groups is 2. The van der Waals surface area contributed by atoms with E-state index in [1.807, 2.05) is 0 Å². The summed E-state index contributed by atoms with van der Waals surface area (Å²) in [6, 6.07) is 0. The molecule has 1 atom stereocenters. The normalized spacial score (nSPS) is 8.54. The van der Waals surface area contributed by atoms with Gasteiger partial charge in [-0.1, -0.05) is 7.43 Å². The lowest BCUT2D eigenvalue weighted by atomic mass is 10.4. The quantitative estimate of drug-likeness (QED) is 0.402.